The summed E-state index contributed by atoms with van der Waals surface area (Å²) in [6.45, 7) is 2.40. The number of fused-ring (bicyclic) bond motifs is 6. The first-order chi connectivity index (χ1) is 34.6. The van der Waals surface area contributed by atoms with E-state index in [2.05, 4.69) is 289 Å². The van der Waals surface area contributed by atoms with Gasteiger partial charge in [0.15, 0.2) is 0 Å². The van der Waals surface area contributed by atoms with E-state index in [9.17, 15) is 0 Å². The molecule has 0 radical (unpaired) electrons. The Hall–Kier alpha value is -8.98. The van der Waals surface area contributed by atoms with E-state index < -0.39 is 0 Å². The highest BCUT2D eigenvalue weighted by Crippen LogP contribution is 2.57. The Morgan fingerprint density at radius 2 is 0.843 bits per heavy atom. The van der Waals surface area contributed by atoms with Gasteiger partial charge in [-0.3, -0.25) is 0 Å². The van der Waals surface area contributed by atoms with Crippen molar-refractivity contribution in [3.8, 4) is 61.3 Å². The van der Waals surface area contributed by atoms with Crippen LogP contribution >= 0.6 is 0 Å². The molecule has 0 amide bonds. The molecule has 1 atom stereocenters. The quantitative estimate of drug-likeness (QED) is 0.140. The van der Waals surface area contributed by atoms with Gasteiger partial charge in [-0.15, -0.1) is 0 Å². The molecule has 70 heavy (non-hydrogen) atoms. The third-order valence-corrected chi connectivity index (χ3v) is 14.7. The van der Waals surface area contributed by atoms with Crippen LogP contribution < -0.4 is 4.90 Å². The van der Waals surface area contributed by atoms with Crippen LogP contribution in [0, 0.1) is 0 Å². The zero-order valence-electron chi connectivity index (χ0n) is 38.9. The molecule has 0 N–H and O–H groups in total. The van der Waals surface area contributed by atoms with Crippen LogP contribution in [0.15, 0.2) is 273 Å². The lowest BCUT2D eigenvalue weighted by atomic mass is 9.74. The summed E-state index contributed by atoms with van der Waals surface area (Å²) in [7, 11) is 0. The van der Waals surface area contributed by atoms with Crippen LogP contribution in [0.25, 0.3) is 83.1 Å². The summed E-state index contributed by atoms with van der Waals surface area (Å²) in [5.74, 6) is 0. The molecule has 1 aliphatic rings. The molecular weight excluding hydrogens is 845 g/mol. The van der Waals surface area contributed by atoms with Crippen molar-refractivity contribution in [1.29, 1.82) is 0 Å². The van der Waals surface area contributed by atoms with Gasteiger partial charge in [0.2, 0.25) is 0 Å². The summed E-state index contributed by atoms with van der Waals surface area (Å²) in [5.41, 5.74) is 22.3. The lowest BCUT2D eigenvalue weighted by Crippen LogP contribution is -2.22. The Labute approximate surface area is 409 Å². The molecule has 12 aromatic rings. The van der Waals surface area contributed by atoms with Crippen molar-refractivity contribution in [2.45, 2.75) is 12.3 Å². The average molecular weight is 893 g/mol. The number of nitrogens with zero attached hydrogens (tertiary/aromatic N) is 2. The number of para-hydroxylation sites is 3. The minimum atomic E-state index is -0.363. The van der Waals surface area contributed by atoms with E-state index in [0.29, 0.717) is 0 Å². The van der Waals surface area contributed by atoms with E-state index in [1.165, 1.54) is 83.0 Å². The summed E-state index contributed by atoms with van der Waals surface area (Å²) in [6.07, 6.45) is 0. The Morgan fingerprint density at radius 1 is 0.329 bits per heavy atom. The van der Waals surface area contributed by atoms with Crippen molar-refractivity contribution in [1.82, 2.24) is 4.57 Å². The summed E-state index contributed by atoms with van der Waals surface area (Å²) in [4.78, 5) is 2.53. The Morgan fingerprint density at radius 3 is 1.61 bits per heavy atom. The smallest absolute Gasteiger partial charge is 0.0543 e. The van der Waals surface area contributed by atoms with Crippen LogP contribution in [0.3, 0.4) is 0 Å². The first-order valence-electron chi connectivity index (χ1n) is 24.3. The zero-order valence-corrected chi connectivity index (χ0v) is 38.9. The standard InChI is InChI=1S/C68H48N2/c1-68(50-26-7-3-8-27-50)61-38-18-15-37-59(61)67-62(68)39-22-42-66(67)70(63-40-19-16-35-57(63)56-34-14-13-33-55(56)54-32-12-11-31-53(54)47-23-5-2-6-24-47)52-30-21-25-48(45-52)49-43-44-65-60(46-49)58-36-17-20-41-64(58)69(65)51-28-9-4-10-29-51/h2-46H,1H3. The van der Waals surface area contributed by atoms with E-state index >= 15 is 0 Å². The van der Waals surface area contributed by atoms with Gasteiger partial charge in [0, 0.05) is 38.7 Å². The number of rotatable bonds is 9. The number of benzene rings is 11. The second kappa shape index (κ2) is 17.0. The molecule has 1 aliphatic carbocycles. The highest BCUT2D eigenvalue weighted by atomic mass is 15.1. The fraction of sp³-hybridized carbons (Fsp3) is 0.0294. The maximum Gasteiger partial charge on any atom is 0.0543 e. The number of hydrogen-bond donors (Lipinski definition) is 0. The zero-order chi connectivity index (χ0) is 46.6. The molecule has 0 bridgehead atoms. The van der Waals surface area contributed by atoms with E-state index in [1.807, 2.05) is 0 Å². The van der Waals surface area contributed by atoms with Crippen LogP contribution in [0.1, 0.15) is 23.6 Å². The molecule has 2 heteroatoms. The highest BCUT2D eigenvalue weighted by molar-refractivity contribution is 6.11. The van der Waals surface area contributed by atoms with Crippen LogP contribution in [0.5, 0.6) is 0 Å². The van der Waals surface area contributed by atoms with Gasteiger partial charge in [-0.05, 0) is 123 Å². The fourth-order valence-electron chi connectivity index (χ4n) is 11.5. The van der Waals surface area contributed by atoms with Crippen molar-refractivity contribution in [3.63, 3.8) is 0 Å². The molecule has 0 saturated carbocycles. The predicted octanol–water partition coefficient (Wildman–Crippen LogP) is 18.3. The maximum absolute atomic E-state index is 2.53. The lowest BCUT2D eigenvalue weighted by molar-refractivity contribution is 0.714. The Kier molecular flexibility index (Phi) is 9.99. The minimum Gasteiger partial charge on any atom is -0.309 e. The SMILES string of the molecule is CC1(c2ccccc2)c2ccccc2-c2c(N(c3cccc(-c4ccc5c(c4)c4ccccc4n5-c4ccccc4)c3)c3ccccc3-c3ccccc3-c3ccccc3-c3ccccc3)cccc21. The van der Waals surface area contributed by atoms with Gasteiger partial charge < -0.3 is 9.47 Å². The van der Waals surface area contributed by atoms with Gasteiger partial charge in [-0.2, -0.15) is 0 Å². The number of hydrogen-bond acceptors (Lipinski definition) is 1. The molecule has 0 spiro atoms. The maximum atomic E-state index is 2.53. The highest BCUT2D eigenvalue weighted by Gasteiger charge is 2.42. The van der Waals surface area contributed by atoms with E-state index in [0.717, 1.165) is 33.9 Å². The molecule has 1 unspecified atom stereocenters. The van der Waals surface area contributed by atoms with Gasteiger partial charge in [-0.1, -0.05) is 218 Å². The van der Waals surface area contributed by atoms with Gasteiger partial charge in [0.05, 0.1) is 22.4 Å². The second-order valence-corrected chi connectivity index (χ2v) is 18.5. The lowest BCUT2D eigenvalue weighted by Gasteiger charge is -2.32. The van der Waals surface area contributed by atoms with Gasteiger partial charge >= 0.3 is 0 Å². The fourth-order valence-corrected chi connectivity index (χ4v) is 11.5. The molecule has 0 fully saturated rings. The molecule has 13 rings (SSSR count). The molecule has 1 aromatic heterocycles. The third kappa shape index (κ3) is 6.64. The van der Waals surface area contributed by atoms with Crippen molar-refractivity contribution >= 4 is 38.9 Å². The molecule has 330 valence electrons. The molecule has 1 heterocycles. The summed E-state index contributed by atoms with van der Waals surface area (Å²) in [5, 5.41) is 2.47. The summed E-state index contributed by atoms with van der Waals surface area (Å²) in [6, 6.07) is 100. The third-order valence-electron chi connectivity index (χ3n) is 14.7. The van der Waals surface area contributed by atoms with E-state index in [4.69, 9.17) is 0 Å². The average Bonchev–Trinajstić information content (AvgIpc) is 3.91. The second-order valence-electron chi connectivity index (χ2n) is 18.5. The van der Waals surface area contributed by atoms with Crippen molar-refractivity contribution in [3.05, 3.63) is 290 Å². The predicted molar refractivity (Wildman–Crippen MR) is 295 cm³/mol. The van der Waals surface area contributed by atoms with Gasteiger partial charge in [-0.25, -0.2) is 0 Å². The van der Waals surface area contributed by atoms with E-state index in [-0.39, 0.29) is 5.41 Å². The molecular formula is C68H48N2. The first kappa shape index (κ1) is 41.2. The van der Waals surface area contributed by atoms with Crippen LogP contribution in [-0.4, -0.2) is 4.57 Å². The Balaban J connectivity index is 1.05. The monoisotopic (exact) mass is 892 g/mol. The first-order valence-corrected chi connectivity index (χ1v) is 24.3. The van der Waals surface area contributed by atoms with Gasteiger partial charge in [0.25, 0.3) is 0 Å². The van der Waals surface area contributed by atoms with Crippen LogP contribution in [0.2, 0.25) is 0 Å². The van der Waals surface area contributed by atoms with Crippen molar-refractivity contribution in [2.75, 3.05) is 4.90 Å². The number of anilines is 3. The van der Waals surface area contributed by atoms with Crippen LogP contribution in [-0.2, 0) is 5.41 Å². The van der Waals surface area contributed by atoms with E-state index in [1.54, 1.807) is 0 Å². The normalized spacial score (nSPS) is 13.8. The molecule has 0 saturated heterocycles. The van der Waals surface area contributed by atoms with Crippen LogP contribution in [0.4, 0.5) is 17.1 Å². The summed E-state index contributed by atoms with van der Waals surface area (Å²) < 4.78 is 2.39. The molecule has 2 nitrogen and oxygen atoms in total. The summed E-state index contributed by atoms with van der Waals surface area (Å²) >= 11 is 0. The minimum absolute atomic E-state index is 0.363. The van der Waals surface area contributed by atoms with Crippen molar-refractivity contribution < 1.29 is 0 Å². The topological polar surface area (TPSA) is 8.17 Å². The number of aromatic nitrogens is 1. The molecule has 11 aromatic carbocycles. The van der Waals surface area contributed by atoms with Gasteiger partial charge in [0.1, 0.15) is 0 Å². The Bertz CT molecular complexity index is 3900. The molecule has 0 aliphatic heterocycles. The largest absolute Gasteiger partial charge is 0.309 e. The van der Waals surface area contributed by atoms with Crippen molar-refractivity contribution in [2.24, 2.45) is 0 Å².